The van der Waals surface area contributed by atoms with E-state index in [0.29, 0.717) is 24.1 Å². The van der Waals surface area contributed by atoms with Crippen LogP contribution in [0.15, 0.2) is 23.0 Å². The topological polar surface area (TPSA) is 98.2 Å². The molecule has 0 unspecified atom stereocenters. The number of tetrazole rings is 1. The molecule has 1 aromatic carbocycles. The van der Waals surface area contributed by atoms with Crippen LogP contribution in [0.5, 0.6) is 11.5 Å². The first-order valence-electron chi connectivity index (χ1n) is 13.1. The Kier molecular flexibility index (Phi) is 7.97. The first-order valence-corrected chi connectivity index (χ1v) is 13.1. The minimum Gasteiger partial charge on any atom is -0.493 e. The molecule has 36 heavy (non-hydrogen) atoms. The van der Waals surface area contributed by atoms with E-state index in [-0.39, 0.29) is 17.1 Å². The number of aromatic amines is 1. The summed E-state index contributed by atoms with van der Waals surface area (Å²) in [5, 5.41) is 13.9. The lowest BCUT2D eigenvalue weighted by molar-refractivity contribution is 0.0801. The summed E-state index contributed by atoms with van der Waals surface area (Å²) in [6.45, 7) is 9.20. The molecule has 0 amide bonds. The standard InChI is InChI=1S/C27H40N6O3/c1-7-22(25-29-30-31-33(25)27(3,4)8-2)32(20-12-10-9-11-13-20)17-19-14-18-15-23(35-5)24(36-6)16-21(18)28-26(19)34/h14-16,20,22H,7-13,17H2,1-6H3,(H,28,34)/t22-/m1/s1. The first kappa shape index (κ1) is 26.1. The third-order valence-corrected chi connectivity index (χ3v) is 7.84. The van der Waals surface area contributed by atoms with E-state index in [1.807, 2.05) is 22.9 Å². The van der Waals surface area contributed by atoms with Gasteiger partial charge in [0.2, 0.25) is 0 Å². The number of hydrogen-bond donors (Lipinski definition) is 1. The number of nitrogens with zero attached hydrogens (tertiary/aromatic N) is 5. The maximum atomic E-state index is 13.3. The van der Waals surface area contributed by atoms with Gasteiger partial charge < -0.3 is 14.5 Å². The normalized spacial score (nSPS) is 16.0. The van der Waals surface area contributed by atoms with E-state index in [2.05, 4.69) is 53.1 Å². The van der Waals surface area contributed by atoms with E-state index in [1.165, 1.54) is 19.3 Å². The number of hydrogen-bond acceptors (Lipinski definition) is 7. The molecule has 9 nitrogen and oxygen atoms in total. The molecule has 9 heteroatoms. The fourth-order valence-electron chi connectivity index (χ4n) is 5.35. The fourth-order valence-corrected chi connectivity index (χ4v) is 5.35. The summed E-state index contributed by atoms with van der Waals surface area (Å²) >= 11 is 0. The third kappa shape index (κ3) is 5.12. The van der Waals surface area contributed by atoms with Gasteiger partial charge in [0.05, 0.1) is 31.3 Å². The van der Waals surface area contributed by atoms with E-state index in [0.717, 1.165) is 48.0 Å². The molecule has 2 aromatic heterocycles. The van der Waals surface area contributed by atoms with Gasteiger partial charge in [0.1, 0.15) is 0 Å². The largest absolute Gasteiger partial charge is 0.493 e. The monoisotopic (exact) mass is 496 g/mol. The molecular weight excluding hydrogens is 456 g/mol. The Morgan fingerprint density at radius 2 is 1.81 bits per heavy atom. The molecule has 1 N–H and O–H groups in total. The van der Waals surface area contributed by atoms with Crippen LogP contribution in [-0.2, 0) is 12.1 Å². The predicted octanol–water partition coefficient (Wildman–Crippen LogP) is 4.96. The number of nitrogens with one attached hydrogen (secondary N) is 1. The summed E-state index contributed by atoms with van der Waals surface area (Å²) in [6.07, 6.45) is 7.67. The van der Waals surface area contributed by atoms with Crippen LogP contribution in [0.3, 0.4) is 0 Å². The van der Waals surface area contributed by atoms with E-state index in [9.17, 15) is 4.79 Å². The lowest BCUT2D eigenvalue weighted by Crippen LogP contribution is -2.42. The van der Waals surface area contributed by atoms with Crippen LogP contribution in [0.25, 0.3) is 10.9 Å². The number of aromatic nitrogens is 5. The van der Waals surface area contributed by atoms with Crippen LogP contribution in [0, 0.1) is 0 Å². The molecule has 3 aromatic rings. The molecule has 0 bridgehead atoms. The zero-order valence-corrected chi connectivity index (χ0v) is 22.5. The molecule has 1 saturated carbocycles. The number of fused-ring (bicyclic) bond motifs is 1. The van der Waals surface area contributed by atoms with Crippen molar-refractivity contribution in [2.24, 2.45) is 0 Å². The van der Waals surface area contributed by atoms with Gasteiger partial charge in [-0.1, -0.05) is 33.1 Å². The molecule has 1 fully saturated rings. The Balaban J connectivity index is 1.77. The summed E-state index contributed by atoms with van der Waals surface area (Å²) in [7, 11) is 3.21. The van der Waals surface area contributed by atoms with Crippen LogP contribution >= 0.6 is 0 Å². The number of H-pyrrole nitrogens is 1. The molecule has 0 saturated heterocycles. The van der Waals surface area contributed by atoms with Gasteiger partial charge in [-0.25, -0.2) is 4.68 Å². The minimum atomic E-state index is -0.194. The molecule has 1 aliphatic carbocycles. The summed E-state index contributed by atoms with van der Waals surface area (Å²) in [4.78, 5) is 18.8. The van der Waals surface area contributed by atoms with E-state index in [1.54, 1.807) is 14.2 Å². The molecular formula is C27H40N6O3. The molecule has 0 radical (unpaired) electrons. The summed E-state index contributed by atoms with van der Waals surface area (Å²) in [5.41, 5.74) is 1.18. The molecule has 4 rings (SSSR count). The fraction of sp³-hybridized carbons (Fsp3) is 0.630. The maximum absolute atomic E-state index is 13.3. The highest BCUT2D eigenvalue weighted by molar-refractivity contribution is 5.83. The second-order valence-corrected chi connectivity index (χ2v) is 10.4. The Morgan fingerprint density at radius 3 is 2.44 bits per heavy atom. The van der Waals surface area contributed by atoms with Gasteiger partial charge in [-0.15, -0.1) is 5.10 Å². The van der Waals surface area contributed by atoms with Crippen molar-refractivity contribution in [1.82, 2.24) is 30.1 Å². The highest BCUT2D eigenvalue weighted by atomic mass is 16.5. The first-order chi connectivity index (χ1) is 17.3. The van der Waals surface area contributed by atoms with Gasteiger partial charge in [-0.3, -0.25) is 9.69 Å². The Morgan fingerprint density at radius 1 is 1.11 bits per heavy atom. The van der Waals surface area contributed by atoms with Gasteiger partial charge >= 0.3 is 0 Å². The molecule has 196 valence electrons. The number of pyridine rings is 1. The van der Waals surface area contributed by atoms with Crippen molar-refractivity contribution in [3.8, 4) is 11.5 Å². The molecule has 1 aliphatic rings. The minimum absolute atomic E-state index is 0.00873. The second-order valence-electron chi connectivity index (χ2n) is 10.4. The average Bonchev–Trinajstić information content (AvgIpc) is 3.39. The van der Waals surface area contributed by atoms with Crippen LogP contribution < -0.4 is 15.0 Å². The van der Waals surface area contributed by atoms with E-state index in [4.69, 9.17) is 9.47 Å². The maximum Gasteiger partial charge on any atom is 0.252 e. The smallest absolute Gasteiger partial charge is 0.252 e. The number of rotatable bonds is 10. The van der Waals surface area contributed by atoms with Crippen molar-refractivity contribution >= 4 is 10.9 Å². The third-order valence-electron chi connectivity index (χ3n) is 7.84. The van der Waals surface area contributed by atoms with Crippen LogP contribution in [0.1, 0.15) is 90.1 Å². The zero-order valence-electron chi connectivity index (χ0n) is 22.5. The van der Waals surface area contributed by atoms with Crippen LogP contribution in [-0.4, -0.2) is 50.4 Å². The van der Waals surface area contributed by atoms with Gasteiger partial charge in [-0.05, 0) is 62.1 Å². The van der Waals surface area contributed by atoms with Crippen molar-refractivity contribution in [3.63, 3.8) is 0 Å². The number of ether oxygens (including phenoxy) is 2. The number of benzene rings is 1. The summed E-state index contributed by atoms with van der Waals surface area (Å²) in [5.74, 6) is 2.10. The van der Waals surface area contributed by atoms with Gasteiger partial charge in [0.15, 0.2) is 17.3 Å². The second kappa shape index (κ2) is 11.0. The SMILES string of the molecule is CC[C@H](c1nnnn1C(C)(C)CC)N(Cc1cc2cc(OC)c(OC)cc2[nH]c1=O)C1CCCCC1. The summed E-state index contributed by atoms with van der Waals surface area (Å²) in [6, 6.07) is 6.10. The predicted molar refractivity (Wildman–Crippen MR) is 141 cm³/mol. The summed E-state index contributed by atoms with van der Waals surface area (Å²) < 4.78 is 12.9. The lowest BCUT2D eigenvalue weighted by atomic mass is 9.91. The van der Waals surface area contributed by atoms with Crippen molar-refractivity contribution in [1.29, 1.82) is 0 Å². The van der Waals surface area contributed by atoms with Gasteiger partial charge in [-0.2, -0.15) is 0 Å². The zero-order chi connectivity index (χ0) is 25.9. The lowest BCUT2D eigenvalue weighted by Gasteiger charge is -2.40. The molecule has 0 aliphatic heterocycles. The highest BCUT2D eigenvalue weighted by Gasteiger charge is 2.34. The van der Waals surface area contributed by atoms with Crippen LogP contribution in [0.2, 0.25) is 0 Å². The molecule has 2 heterocycles. The molecule has 0 spiro atoms. The quantitative estimate of drug-likeness (QED) is 0.423. The van der Waals surface area contributed by atoms with Crippen molar-refractivity contribution in [2.45, 2.75) is 96.8 Å². The van der Waals surface area contributed by atoms with Crippen molar-refractivity contribution in [2.75, 3.05) is 14.2 Å². The van der Waals surface area contributed by atoms with Crippen molar-refractivity contribution in [3.05, 3.63) is 39.9 Å². The van der Waals surface area contributed by atoms with Crippen molar-refractivity contribution < 1.29 is 9.47 Å². The molecule has 1 atom stereocenters. The van der Waals surface area contributed by atoms with Gasteiger partial charge in [0, 0.05) is 29.6 Å². The van der Waals surface area contributed by atoms with E-state index < -0.39 is 0 Å². The van der Waals surface area contributed by atoms with E-state index >= 15 is 0 Å². The Bertz CT molecular complexity index is 1230. The Labute approximate surface area is 213 Å². The number of methoxy groups -OCH3 is 2. The highest BCUT2D eigenvalue weighted by Crippen LogP contribution is 2.35. The Hall–Kier alpha value is -2.94. The van der Waals surface area contributed by atoms with Crippen LogP contribution in [0.4, 0.5) is 0 Å². The average molecular weight is 497 g/mol. The van der Waals surface area contributed by atoms with Gasteiger partial charge in [0.25, 0.3) is 5.56 Å².